The standard InChI is InChI=1S/C21H33N5O3S/c1-3-8-22-21(27)25-15-17-13-24(14-18(17)16-25)20-6-4-19(5-7-20)23-9-11-26(12-10-23)30(2,28)29/h4-7,17-18H,3,8-16H2,1-2H3,(H,22,27)/t17-,18+. The van der Waals surface area contributed by atoms with Crippen LogP contribution in [-0.2, 0) is 10.0 Å². The number of anilines is 2. The third kappa shape index (κ3) is 4.51. The average molecular weight is 436 g/mol. The topological polar surface area (TPSA) is 76.2 Å². The molecular weight excluding hydrogens is 402 g/mol. The zero-order valence-electron chi connectivity index (χ0n) is 18.0. The van der Waals surface area contributed by atoms with E-state index in [0.29, 0.717) is 24.9 Å². The van der Waals surface area contributed by atoms with Gasteiger partial charge < -0.3 is 20.0 Å². The van der Waals surface area contributed by atoms with Gasteiger partial charge in [-0.15, -0.1) is 0 Å². The van der Waals surface area contributed by atoms with Crippen LogP contribution in [0.3, 0.4) is 0 Å². The summed E-state index contributed by atoms with van der Waals surface area (Å²) < 4.78 is 24.9. The lowest BCUT2D eigenvalue weighted by Gasteiger charge is -2.35. The van der Waals surface area contributed by atoms with Crippen LogP contribution in [0.25, 0.3) is 0 Å². The summed E-state index contributed by atoms with van der Waals surface area (Å²) in [4.78, 5) is 18.9. The molecule has 0 bridgehead atoms. The molecule has 0 radical (unpaired) electrons. The first-order valence-corrected chi connectivity index (χ1v) is 12.8. The second kappa shape index (κ2) is 8.63. The number of benzene rings is 1. The maximum Gasteiger partial charge on any atom is 0.317 e. The normalized spacial score (nSPS) is 24.9. The van der Waals surface area contributed by atoms with Gasteiger partial charge in [-0.2, -0.15) is 4.31 Å². The van der Waals surface area contributed by atoms with Gasteiger partial charge in [0.2, 0.25) is 10.0 Å². The molecule has 3 aliphatic heterocycles. The van der Waals surface area contributed by atoms with Gasteiger partial charge in [0.15, 0.2) is 0 Å². The van der Waals surface area contributed by atoms with Crippen LogP contribution in [0.1, 0.15) is 13.3 Å². The quantitative estimate of drug-likeness (QED) is 0.754. The molecule has 3 aliphatic rings. The highest BCUT2D eigenvalue weighted by Gasteiger charge is 2.41. The number of fused-ring (bicyclic) bond motifs is 1. The van der Waals surface area contributed by atoms with Gasteiger partial charge in [-0.05, 0) is 30.7 Å². The molecule has 8 nitrogen and oxygen atoms in total. The van der Waals surface area contributed by atoms with Gasteiger partial charge in [0.05, 0.1) is 6.26 Å². The fourth-order valence-corrected chi connectivity index (χ4v) is 5.69. The average Bonchev–Trinajstić information content (AvgIpc) is 3.31. The monoisotopic (exact) mass is 435 g/mol. The Hall–Kier alpha value is -2.00. The summed E-state index contributed by atoms with van der Waals surface area (Å²) in [7, 11) is -3.10. The molecule has 2 amide bonds. The first kappa shape index (κ1) is 21.2. The molecule has 1 aromatic rings. The van der Waals surface area contributed by atoms with E-state index in [1.165, 1.54) is 11.9 Å². The number of nitrogens with zero attached hydrogens (tertiary/aromatic N) is 4. The van der Waals surface area contributed by atoms with Crippen molar-refractivity contribution >= 4 is 27.4 Å². The summed E-state index contributed by atoms with van der Waals surface area (Å²) in [5.41, 5.74) is 2.37. The molecule has 3 heterocycles. The number of carbonyl (C=O) groups is 1. The molecule has 0 aliphatic carbocycles. The summed E-state index contributed by atoms with van der Waals surface area (Å²) in [6, 6.07) is 8.71. The molecule has 2 atom stereocenters. The number of amides is 2. The van der Waals surface area contributed by atoms with Crippen LogP contribution in [0.4, 0.5) is 16.2 Å². The summed E-state index contributed by atoms with van der Waals surface area (Å²) in [5.74, 6) is 1.09. The fraction of sp³-hybridized carbons (Fsp3) is 0.667. The lowest BCUT2D eigenvalue weighted by molar-refractivity contribution is 0.206. The third-order valence-electron chi connectivity index (χ3n) is 6.59. The summed E-state index contributed by atoms with van der Waals surface area (Å²) in [5, 5.41) is 2.99. The number of sulfonamides is 1. The third-order valence-corrected chi connectivity index (χ3v) is 7.89. The van der Waals surface area contributed by atoms with Crippen LogP contribution in [0.2, 0.25) is 0 Å². The SMILES string of the molecule is CCCNC(=O)N1C[C@@H]2CN(c3ccc(N4CCN(S(C)(=O)=O)CC4)cc3)C[C@@H]2C1. The Morgan fingerprint density at radius 3 is 1.97 bits per heavy atom. The molecule has 1 aromatic carbocycles. The maximum atomic E-state index is 12.2. The van der Waals surface area contributed by atoms with Crippen molar-refractivity contribution in [1.29, 1.82) is 0 Å². The first-order chi connectivity index (χ1) is 14.3. The second-order valence-electron chi connectivity index (χ2n) is 8.73. The Morgan fingerprint density at radius 2 is 1.47 bits per heavy atom. The lowest BCUT2D eigenvalue weighted by atomic mass is 10.0. The van der Waals surface area contributed by atoms with Gasteiger partial charge >= 0.3 is 6.03 Å². The number of likely N-dealkylation sites (tertiary alicyclic amines) is 1. The number of hydrogen-bond acceptors (Lipinski definition) is 5. The van der Waals surface area contributed by atoms with Crippen molar-refractivity contribution in [3.05, 3.63) is 24.3 Å². The molecule has 4 rings (SSSR count). The smallest absolute Gasteiger partial charge is 0.317 e. The van der Waals surface area contributed by atoms with E-state index in [0.717, 1.165) is 57.9 Å². The molecule has 0 unspecified atom stereocenters. The van der Waals surface area contributed by atoms with Crippen molar-refractivity contribution in [3.8, 4) is 0 Å². The van der Waals surface area contributed by atoms with Gasteiger partial charge in [-0.1, -0.05) is 6.92 Å². The number of piperazine rings is 1. The van der Waals surface area contributed by atoms with Gasteiger partial charge in [0, 0.05) is 82.1 Å². The van der Waals surface area contributed by atoms with Gasteiger partial charge in [0.25, 0.3) is 0 Å². The number of nitrogens with one attached hydrogen (secondary N) is 1. The highest BCUT2D eigenvalue weighted by atomic mass is 32.2. The van der Waals surface area contributed by atoms with Crippen LogP contribution in [0.15, 0.2) is 24.3 Å². The molecule has 3 fully saturated rings. The molecule has 166 valence electrons. The van der Waals surface area contributed by atoms with Crippen molar-refractivity contribution in [2.75, 3.05) is 75.0 Å². The van der Waals surface area contributed by atoms with E-state index in [4.69, 9.17) is 0 Å². The molecule has 0 saturated carbocycles. The number of carbonyl (C=O) groups excluding carboxylic acids is 1. The minimum absolute atomic E-state index is 0.0816. The molecule has 0 spiro atoms. The van der Waals surface area contributed by atoms with Crippen molar-refractivity contribution in [1.82, 2.24) is 14.5 Å². The van der Waals surface area contributed by atoms with Gasteiger partial charge in [0.1, 0.15) is 0 Å². The number of rotatable bonds is 5. The minimum atomic E-state index is -3.10. The maximum absolute atomic E-state index is 12.2. The lowest BCUT2D eigenvalue weighted by Crippen LogP contribution is -2.48. The Bertz CT molecular complexity index is 838. The van der Waals surface area contributed by atoms with E-state index in [-0.39, 0.29) is 6.03 Å². The highest BCUT2D eigenvalue weighted by Crippen LogP contribution is 2.34. The molecule has 0 aromatic heterocycles. The van der Waals surface area contributed by atoms with E-state index >= 15 is 0 Å². The zero-order valence-corrected chi connectivity index (χ0v) is 18.8. The van der Waals surface area contributed by atoms with Crippen LogP contribution < -0.4 is 15.1 Å². The van der Waals surface area contributed by atoms with E-state index in [1.54, 1.807) is 4.31 Å². The Kier molecular flexibility index (Phi) is 6.11. The van der Waals surface area contributed by atoms with E-state index in [2.05, 4.69) is 46.3 Å². The molecule has 1 N–H and O–H groups in total. The van der Waals surface area contributed by atoms with Crippen molar-refractivity contribution in [3.63, 3.8) is 0 Å². The van der Waals surface area contributed by atoms with Crippen LogP contribution >= 0.6 is 0 Å². The van der Waals surface area contributed by atoms with E-state index in [1.807, 2.05) is 4.90 Å². The summed E-state index contributed by atoms with van der Waals surface area (Å²) in [6.07, 6.45) is 2.24. The van der Waals surface area contributed by atoms with E-state index < -0.39 is 10.0 Å². The summed E-state index contributed by atoms with van der Waals surface area (Å²) >= 11 is 0. The molecule has 3 saturated heterocycles. The predicted octanol–water partition coefficient (Wildman–Crippen LogP) is 1.26. The Balaban J connectivity index is 1.30. The fourth-order valence-electron chi connectivity index (χ4n) is 4.87. The Labute approximate surface area is 179 Å². The van der Waals surface area contributed by atoms with Gasteiger partial charge in [-0.3, -0.25) is 0 Å². The van der Waals surface area contributed by atoms with E-state index in [9.17, 15) is 13.2 Å². The van der Waals surface area contributed by atoms with Crippen molar-refractivity contribution in [2.24, 2.45) is 11.8 Å². The molecular formula is C21H33N5O3S. The van der Waals surface area contributed by atoms with Crippen LogP contribution in [0, 0.1) is 11.8 Å². The second-order valence-corrected chi connectivity index (χ2v) is 10.7. The summed E-state index contributed by atoms with van der Waals surface area (Å²) in [6.45, 7) is 9.01. The predicted molar refractivity (Wildman–Crippen MR) is 120 cm³/mol. The Morgan fingerprint density at radius 1 is 0.933 bits per heavy atom. The highest BCUT2D eigenvalue weighted by molar-refractivity contribution is 7.88. The molecule has 30 heavy (non-hydrogen) atoms. The number of hydrogen-bond donors (Lipinski definition) is 1. The molecule has 9 heteroatoms. The first-order valence-electron chi connectivity index (χ1n) is 10.9. The zero-order chi connectivity index (χ0) is 21.3. The van der Waals surface area contributed by atoms with Gasteiger partial charge in [-0.25, -0.2) is 13.2 Å². The van der Waals surface area contributed by atoms with Crippen LogP contribution in [0.5, 0.6) is 0 Å². The van der Waals surface area contributed by atoms with Crippen LogP contribution in [-0.4, -0.2) is 88.8 Å². The largest absolute Gasteiger partial charge is 0.371 e. The van der Waals surface area contributed by atoms with Crippen molar-refractivity contribution < 1.29 is 13.2 Å². The minimum Gasteiger partial charge on any atom is -0.371 e. The van der Waals surface area contributed by atoms with Crippen molar-refractivity contribution in [2.45, 2.75) is 13.3 Å². The number of urea groups is 1.